The van der Waals surface area contributed by atoms with Crippen LogP contribution in [0, 0.1) is 0 Å². The number of ether oxygens (including phenoxy) is 3. The maximum Gasteiger partial charge on any atom is 0.306 e. The van der Waals surface area contributed by atoms with Crippen molar-refractivity contribution in [2.45, 2.75) is 354 Å². The van der Waals surface area contributed by atoms with Crippen molar-refractivity contribution >= 4 is 17.9 Å². The van der Waals surface area contributed by atoms with E-state index in [0.29, 0.717) is 19.3 Å². The maximum atomic E-state index is 12.9. The van der Waals surface area contributed by atoms with Crippen LogP contribution in [0.3, 0.4) is 0 Å². The van der Waals surface area contributed by atoms with E-state index in [2.05, 4.69) is 81.5 Å². The molecule has 6 nitrogen and oxygen atoms in total. The highest BCUT2D eigenvalue weighted by Crippen LogP contribution is 2.17. The Balaban J connectivity index is 4.19. The van der Waals surface area contributed by atoms with E-state index in [1.807, 2.05) is 0 Å². The Labute approximate surface area is 472 Å². The number of hydrogen-bond donors (Lipinski definition) is 0. The number of unbranched alkanes of at least 4 members (excludes halogenated alkanes) is 40. The molecule has 0 N–H and O–H groups in total. The summed E-state index contributed by atoms with van der Waals surface area (Å²) in [5.74, 6) is -0.864. The maximum absolute atomic E-state index is 12.9. The highest BCUT2D eigenvalue weighted by Gasteiger charge is 2.19. The SMILES string of the molecule is CC/C=C\C/C=C\C/C=C\C/C=C\CCCCCCCCCCC(=O)OC(COC(=O)CCCCCCCCCCCC)COC(=O)CCCCCCCCCCCCCCCCC/C=C\CCCCCCCCCC. The number of rotatable bonds is 61. The molecule has 0 fully saturated rings. The average Bonchev–Trinajstić information content (AvgIpc) is 3.42. The first-order valence-corrected chi connectivity index (χ1v) is 33.3. The number of carbonyl (C=O) groups excluding carboxylic acids is 3. The van der Waals surface area contributed by atoms with Gasteiger partial charge in [0.2, 0.25) is 0 Å². The Morgan fingerprint density at radius 1 is 0.276 bits per heavy atom. The van der Waals surface area contributed by atoms with Crippen LogP contribution in [0.4, 0.5) is 0 Å². The van der Waals surface area contributed by atoms with Gasteiger partial charge >= 0.3 is 17.9 Å². The minimum Gasteiger partial charge on any atom is -0.462 e. The fourth-order valence-corrected chi connectivity index (χ4v) is 9.79. The Bertz CT molecular complexity index is 1360. The second-order valence-corrected chi connectivity index (χ2v) is 22.4. The quantitative estimate of drug-likeness (QED) is 0.0261. The van der Waals surface area contributed by atoms with Gasteiger partial charge in [0, 0.05) is 19.3 Å². The molecule has 0 bridgehead atoms. The number of allylic oxidation sites excluding steroid dienone is 10. The van der Waals surface area contributed by atoms with Crippen LogP contribution < -0.4 is 0 Å². The van der Waals surface area contributed by atoms with Crippen LogP contribution in [0.5, 0.6) is 0 Å². The summed E-state index contributed by atoms with van der Waals surface area (Å²) in [6.07, 6.45) is 82.5. The summed E-state index contributed by atoms with van der Waals surface area (Å²) in [5.41, 5.74) is 0. The Hall–Kier alpha value is -2.89. The molecule has 0 aromatic rings. The first kappa shape index (κ1) is 73.1. The van der Waals surface area contributed by atoms with Crippen LogP contribution in [-0.4, -0.2) is 37.2 Å². The van der Waals surface area contributed by atoms with Crippen molar-refractivity contribution in [1.82, 2.24) is 0 Å². The molecule has 0 radical (unpaired) electrons. The fourth-order valence-electron chi connectivity index (χ4n) is 9.79. The third-order valence-corrected chi connectivity index (χ3v) is 14.8. The predicted octanol–water partition coefficient (Wildman–Crippen LogP) is 22.7. The summed E-state index contributed by atoms with van der Waals surface area (Å²) in [4.78, 5) is 38.3. The van der Waals surface area contributed by atoms with Crippen LogP contribution in [0.1, 0.15) is 348 Å². The highest BCUT2D eigenvalue weighted by atomic mass is 16.6. The lowest BCUT2D eigenvalue weighted by Crippen LogP contribution is -2.30. The number of hydrogen-bond acceptors (Lipinski definition) is 6. The van der Waals surface area contributed by atoms with Crippen molar-refractivity contribution in [2.24, 2.45) is 0 Å². The molecule has 442 valence electrons. The molecule has 0 aliphatic carbocycles. The van der Waals surface area contributed by atoms with Crippen molar-refractivity contribution in [2.75, 3.05) is 13.2 Å². The van der Waals surface area contributed by atoms with Gasteiger partial charge in [-0.05, 0) is 83.5 Å². The zero-order valence-corrected chi connectivity index (χ0v) is 50.8. The van der Waals surface area contributed by atoms with Crippen LogP contribution in [0.15, 0.2) is 60.8 Å². The number of esters is 3. The first-order valence-electron chi connectivity index (χ1n) is 33.3. The molecule has 76 heavy (non-hydrogen) atoms. The van der Waals surface area contributed by atoms with E-state index in [9.17, 15) is 14.4 Å². The molecule has 1 atom stereocenters. The van der Waals surface area contributed by atoms with Gasteiger partial charge in [0.15, 0.2) is 6.10 Å². The van der Waals surface area contributed by atoms with Gasteiger partial charge in [-0.3, -0.25) is 14.4 Å². The van der Waals surface area contributed by atoms with Gasteiger partial charge in [0.25, 0.3) is 0 Å². The second kappa shape index (κ2) is 64.6. The van der Waals surface area contributed by atoms with E-state index >= 15 is 0 Å². The lowest BCUT2D eigenvalue weighted by Gasteiger charge is -2.18. The van der Waals surface area contributed by atoms with E-state index in [1.54, 1.807) is 0 Å². The summed E-state index contributed by atoms with van der Waals surface area (Å²) >= 11 is 0. The molecule has 0 aliphatic rings. The standard InChI is InChI=1S/C70H126O6/c1-4-7-10-13-16-19-22-24-26-28-30-32-33-34-35-36-37-39-40-42-44-46-48-51-54-57-60-63-69(72)75-66-67(65-74-68(71)62-59-56-53-50-21-18-15-12-9-6-3)76-70(73)64-61-58-55-52-49-47-45-43-41-38-31-29-27-25-23-20-17-14-11-8-5-2/h8,11,17,20,25,27-28,30-31,38,67H,4-7,9-10,12-16,18-19,21-24,26,29,32-37,39-66H2,1-3H3/b11-8-,20-17-,27-25-,30-28-,38-31-. The molecule has 0 aromatic carbocycles. The van der Waals surface area contributed by atoms with Crippen LogP contribution >= 0.6 is 0 Å². The summed E-state index contributed by atoms with van der Waals surface area (Å²) in [7, 11) is 0. The van der Waals surface area contributed by atoms with Gasteiger partial charge in [-0.2, -0.15) is 0 Å². The molecule has 1 unspecified atom stereocenters. The number of carbonyl (C=O) groups is 3. The normalized spacial score (nSPS) is 12.4. The third-order valence-electron chi connectivity index (χ3n) is 14.8. The van der Waals surface area contributed by atoms with Crippen LogP contribution in [0.2, 0.25) is 0 Å². The van der Waals surface area contributed by atoms with Gasteiger partial charge < -0.3 is 14.2 Å². The minimum atomic E-state index is -0.776. The van der Waals surface area contributed by atoms with E-state index in [4.69, 9.17) is 14.2 Å². The van der Waals surface area contributed by atoms with E-state index in [-0.39, 0.29) is 31.1 Å². The molecule has 0 saturated carbocycles. The van der Waals surface area contributed by atoms with E-state index in [0.717, 1.165) is 89.9 Å². The van der Waals surface area contributed by atoms with Crippen molar-refractivity contribution < 1.29 is 28.6 Å². The third kappa shape index (κ3) is 62.0. The van der Waals surface area contributed by atoms with Crippen LogP contribution in [-0.2, 0) is 28.6 Å². The molecular formula is C70H126O6. The topological polar surface area (TPSA) is 78.9 Å². The lowest BCUT2D eigenvalue weighted by molar-refractivity contribution is -0.167. The van der Waals surface area contributed by atoms with E-state index in [1.165, 1.54) is 218 Å². The molecule has 0 saturated heterocycles. The van der Waals surface area contributed by atoms with Gasteiger partial charge in [-0.15, -0.1) is 0 Å². The Kier molecular flexibility index (Phi) is 62.2. The average molecular weight is 1060 g/mol. The molecule has 0 aromatic heterocycles. The summed E-state index contributed by atoms with van der Waals surface area (Å²) in [5, 5.41) is 0. The molecule has 0 spiro atoms. The Morgan fingerprint density at radius 3 is 0.816 bits per heavy atom. The lowest BCUT2D eigenvalue weighted by atomic mass is 10.0. The molecule has 6 heteroatoms. The molecule has 0 amide bonds. The van der Waals surface area contributed by atoms with Gasteiger partial charge in [0.05, 0.1) is 0 Å². The van der Waals surface area contributed by atoms with Gasteiger partial charge in [0.1, 0.15) is 13.2 Å². The zero-order valence-electron chi connectivity index (χ0n) is 50.8. The largest absolute Gasteiger partial charge is 0.462 e. The highest BCUT2D eigenvalue weighted by molar-refractivity contribution is 5.71. The van der Waals surface area contributed by atoms with Crippen molar-refractivity contribution in [3.8, 4) is 0 Å². The Morgan fingerprint density at radius 2 is 0.513 bits per heavy atom. The van der Waals surface area contributed by atoms with Gasteiger partial charge in [-0.25, -0.2) is 0 Å². The van der Waals surface area contributed by atoms with Crippen molar-refractivity contribution in [3.05, 3.63) is 60.8 Å². The zero-order chi connectivity index (χ0) is 55.0. The van der Waals surface area contributed by atoms with E-state index < -0.39 is 6.10 Å². The summed E-state index contributed by atoms with van der Waals surface area (Å²) in [6.45, 7) is 6.56. The van der Waals surface area contributed by atoms with Crippen LogP contribution in [0.25, 0.3) is 0 Å². The molecular weight excluding hydrogens is 937 g/mol. The van der Waals surface area contributed by atoms with Gasteiger partial charge in [-0.1, -0.05) is 306 Å². The molecule has 0 rings (SSSR count). The van der Waals surface area contributed by atoms with Crippen molar-refractivity contribution in [3.63, 3.8) is 0 Å². The summed E-state index contributed by atoms with van der Waals surface area (Å²) < 4.78 is 16.9. The smallest absolute Gasteiger partial charge is 0.306 e. The predicted molar refractivity (Wildman–Crippen MR) is 330 cm³/mol. The second-order valence-electron chi connectivity index (χ2n) is 22.4. The monoisotopic (exact) mass is 1060 g/mol. The minimum absolute atomic E-state index is 0.0737. The summed E-state index contributed by atoms with van der Waals surface area (Å²) in [6, 6.07) is 0. The first-order chi connectivity index (χ1) is 37.5. The molecule has 0 aliphatic heterocycles. The fraction of sp³-hybridized carbons (Fsp3) is 0.814. The molecule has 0 heterocycles. The van der Waals surface area contributed by atoms with Crippen molar-refractivity contribution in [1.29, 1.82) is 0 Å².